The lowest BCUT2D eigenvalue weighted by Gasteiger charge is -2.06. The Hall–Kier alpha value is -2.80. The molecule has 0 aliphatic rings. The van der Waals surface area contributed by atoms with Crippen LogP contribution in [0, 0.1) is 11.3 Å². The smallest absolute Gasteiger partial charge is 0.335 e. The van der Waals surface area contributed by atoms with Crippen molar-refractivity contribution in [2.75, 3.05) is 5.32 Å². The number of aromatic carboxylic acids is 1. The summed E-state index contributed by atoms with van der Waals surface area (Å²) in [4.78, 5) is 10.7. The Morgan fingerprint density at radius 2 is 1.74 bits per heavy atom. The van der Waals surface area contributed by atoms with Crippen LogP contribution in [0.15, 0.2) is 48.5 Å². The summed E-state index contributed by atoms with van der Waals surface area (Å²) in [5.41, 5.74) is 2.81. The van der Waals surface area contributed by atoms with Gasteiger partial charge in [0.1, 0.15) is 0 Å². The Balaban J connectivity index is 1.98. The summed E-state index contributed by atoms with van der Waals surface area (Å²) in [6.45, 7) is 0.603. The van der Waals surface area contributed by atoms with Crippen LogP contribution in [0.25, 0.3) is 0 Å². The van der Waals surface area contributed by atoms with Gasteiger partial charge in [0.25, 0.3) is 0 Å². The van der Waals surface area contributed by atoms with Gasteiger partial charge in [-0.1, -0.05) is 12.1 Å². The maximum Gasteiger partial charge on any atom is 0.335 e. The number of hydrogen-bond acceptors (Lipinski definition) is 3. The molecule has 0 aliphatic heterocycles. The van der Waals surface area contributed by atoms with Gasteiger partial charge < -0.3 is 10.4 Å². The van der Waals surface area contributed by atoms with Gasteiger partial charge in [0, 0.05) is 12.2 Å². The van der Waals surface area contributed by atoms with Gasteiger partial charge in [-0.2, -0.15) is 5.26 Å². The Morgan fingerprint density at radius 3 is 2.26 bits per heavy atom. The van der Waals surface area contributed by atoms with Crippen molar-refractivity contribution in [3.05, 3.63) is 65.2 Å². The molecule has 4 heteroatoms. The van der Waals surface area contributed by atoms with Gasteiger partial charge in [-0.15, -0.1) is 0 Å². The van der Waals surface area contributed by atoms with E-state index in [1.54, 1.807) is 36.4 Å². The molecule has 2 rings (SSSR count). The zero-order chi connectivity index (χ0) is 13.7. The predicted octanol–water partition coefficient (Wildman–Crippen LogP) is 2.87. The zero-order valence-electron chi connectivity index (χ0n) is 10.1. The lowest BCUT2D eigenvalue weighted by atomic mass is 10.1. The zero-order valence-corrected chi connectivity index (χ0v) is 10.1. The highest BCUT2D eigenvalue weighted by Gasteiger charge is 2.01. The third-order valence-corrected chi connectivity index (χ3v) is 2.71. The fourth-order valence-electron chi connectivity index (χ4n) is 1.63. The summed E-state index contributed by atoms with van der Waals surface area (Å²) in [5.74, 6) is -0.924. The molecular weight excluding hydrogens is 240 g/mol. The normalized spacial score (nSPS) is 9.63. The summed E-state index contributed by atoms with van der Waals surface area (Å²) in [6.07, 6.45) is 0. The molecule has 19 heavy (non-hydrogen) atoms. The van der Waals surface area contributed by atoms with Crippen LogP contribution in [0.3, 0.4) is 0 Å². The van der Waals surface area contributed by atoms with Crippen molar-refractivity contribution in [2.24, 2.45) is 0 Å². The van der Waals surface area contributed by atoms with E-state index in [9.17, 15) is 4.79 Å². The average Bonchev–Trinajstić information content (AvgIpc) is 2.46. The highest BCUT2D eigenvalue weighted by molar-refractivity contribution is 5.87. The van der Waals surface area contributed by atoms with E-state index in [-0.39, 0.29) is 5.56 Å². The second-order valence-electron chi connectivity index (χ2n) is 4.04. The Labute approximate surface area is 110 Å². The van der Waals surface area contributed by atoms with Crippen LogP contribution >= 0.6 is 0 Å². The van der Waals surface area contributed by atoms with E-state index in [2.05, 4.69) is 11.4 Å². The molecule has 2 aromatic rings. The third kappa shape index (κ3) is 3.33. The molecule has 2 N–H and O–H groups in total. The summed E-state index contributed by atoms with van der Waals surface area (Å²) in [6, 6.07) is 15.9. The first-order valence-corrected chi connectivity index (χ1v) is 5.75. The van der Waals surface area contributed by atoms with Crippen LogP contribution in [-0.2, 0) is 6.54 Å². The van der Waals surface area contributed by atoms with E-state index in [1.165, 1.54) is 0 Å². The Morgan fingerprint density at radius 1 is 1.11 bits per heavy atom. The van der Waals surface area contributed by atoms with Crippen LogP contribution in [0.1, 0.15) is 21.5 Å². The van der Waals surface area contributed by atoms with Crippen molar-refractivity contribution < 1.29 is 9.90 Å². The van der Waals surface area contributed by atoms with E-state index in [0.717, 1.165) is 11.3 Å². The molecule has 2 aromatic carbocycles. The number of hydrogen-bond donors (Lipinski definition) is 2. The molecule has 0 saturated heterocycles. The largest absolute Gasteiger partial charge is 0.478 e. The summed E-state index contributed by atoms with van der Waals surface area (Å²) < 4.78 is 0. The molecule has 0 bridgehead atoms. The number of anilines is 1. The number of carbonyl (C=O) groups is 1. The quantitative estimate of drug-likeness (QED) is 0.877. The number of nitrogens with one attached hydrogen (secondary N) is 1. The number of carboxylic acids is 1. The average molecular weight is 252 g/mol. The van der Waals surface area contributed by atoms with Gasteiger partial charge in [-0.25, -0.2) is 4.79 Å². The predicted molar refractivity (Wildman–Crippen MR) is 71.9 cm³/mol. The third-order valence-electron chi connectivity index (χ3n) is 2.71. The first kappa shape index (κ1) is 12.7. The second-order valence-corrected chi connectivity index (χ2v) is 4.04. The lowest BCUT2D eigenvalue weighted by Crippen LogP contribution is -2.01. The highest BCUT2D eigenvalue weighted by Crippen LogP contribution is 2.11. The SMILES string of the molecule is N#Cc1ccc(NCc2ccc(C(=O)O)cc2)cc1. The van der Waals surface area contributed by atoms with Gasteiger partial charge in [0.2, 0.25) is 0 Å². The number of carboxylic acid groups (broad SMARTS) is 1. The molecule has 0 saturated carbocycles. The first-order chi connectivity index (χ1) is 9.19. The van der Waals surface area contributed by atoms with E-state index in [0.29, 0.717) is 12.1 Å². The number of nitrogens with zero attached hydrogens (tertiary/aromatic N) is 1. The number of benzene rings is 2. The minimum absolute atomic E-state index is 0.280. The maximum atomic E-state index is 10.7. The Kier molecular flexibility index (Phi) is 3.79. The van der Waals surface area contributed by atoms with Crippen LogP contribution < -0.4 is 5.32 Å². The van der Waals surface area contributed by atoms with Gasteiger partial charge in [-0.05, 0) is 42.0 Å². The Bertz CT molecular complexity index is 610. The van der Waals surface area contributed by atoms with Crippen LogP contribution in [-0.4, -0.2) is 11.1 Å². The molecule has 0 radical (unpaired) electrons. The minimum Gasteiger partial charge on any atom is -0.478 e. The number of rotatable bonds is 4. The van der Waals surface area contributed by atoms with Crippen LogP contribution in [0.2, 0.25) is 0 Å². The van der Waals surface area contributed by atoms with Crippen molar-refractivity contribution in [3.8, 4) is 6.07 Å². The van der Waals surface area contributed by atoms with Gasteiger partial charge in [-0.3, -0.25) is 0 Å². The van der Waals surface area contributed by atoms with E-state index in [4.69, 9.17) is 10.4 Å². The molecule has 0 amide bonds. The highest BCUT2D eigenvalue weighted by atomic mass is 16.4. The summed E-state index contributed by atoms with van der Waals surface area (Å²) >= 11 is 0. The van der Waals surface area contributed by atoms with Crippen molar-refractivity contribution in [3.63, 3.8) is 0 Å². The monoisotopic (exact) mass is 252 g/mol. The molecule has 0 atom stereocenters. The molecular formula is C15H12N2O2. The van der Waals surface area contributed by atoms with Crippen LogP contribution in [0.4, 0.5) is 5.69 Å². The maximum absolute atomic E-state index is 10.7. The second kappa shape index (κ2) is 5.69. The molecule has 0 aromatic heterocycles. The molecule has 0 aliphatic carbocycles. The standard InChI is InChI=1S/C15H12N2O2/c16-9-11-3-7-14(8-4-11)17-10-12-1-5-13(6-2-12)15(18)19/h1-8,17H,10H2,(H,18,19). The minimum atomic E-state index is -0.924. The van der Waals surface area contributed by atoms with Gasteiger partial charge in [0.15, 0.2) is 0 Å². The van der Waals surface area contributed by atoms with Crippen molar-refractivity contribution in [1.29, 1.82) is 5.26 Å². The summed E-state index contributed by atoms with van der Waals surface area (Å²) in [7, 11) is 0. The number of nitriles is 1. The fourth-order valence-corrected chi connectivity index (χ4v) is 1.63. The van der Waals surface area contributed by atoms with E-state index >= 15 is 0 Å². The van der Waals surface area contributed by atoms with Gasteiger partial charge in [0.05, 0.1) is 17.2 Å². The molecule has 0 heterocycles. The lowest BCUT2D eigenvalue weighted by molar-refractivity contribution is 0.0697. The molecule has 0 fully saturated rings. The van der Waals surface area contributed by atoms with Crippen molar-refractivity contribution >= 4 is 11.7 Å². The van der Waals surface area contributed by atoms with Gasteiger partial charge >= 0.3 is 5.97 Å². The molecule has 4 nitrogen and oxygen atoms in total. The molecule has 94 valence electrons. The first-order valence-electron chi connectivity index (χ1n) is 5.75. The molecule has 0 spiro atoms. The van der Waals surface area contributed by atoms with Crippen LogP contribution in [0.5, 0.6) is 0 Å². The van der Waals surface area contributed by atoms with Crippen molar-refractivity contribution in [2.45, 2.75) is 6.54 Å². The van der Waals surface area contributed by atoms with E-state index < -0.39 is 5.97 Å². The summed E-state index contributed by atoms with van der Waals surface area (Å²) in [5, 5.41) is 20.7. The molecule has 0 unspecified atom stereocenters. The van der Waals surface area contributed by atoms with E-state index in [1.807, 2.05) is 12.1 Å². The fraction of sp³-hybridized carbons (Fsp3) is 0.0667. The van der Waals surface area contributed by atoms with Crippen molar-refractivity contribution in [1.82, 2.24) is 0 Å². The topological polar surface area (TPSA) is 73.1 Å².